The van der Waals surface area contributed by atoms with Crippen molar-refractivity contribution in [2.45, 2.75) is 6.42 Å². The van der Waals surface area contributed by atoms with Gasteiger partial charge in [0.15, 0.2) is 0 Å². The molecule has 0 radical (unpaired) electrons. The molecule has 1 heterocycles. The fraction of sp³-hybridized carbons (Fsp3) is 0.0769. The van der Waals surface area contributed by atoms with Crippen LogP contribution >= 0.6 is 34.8 Å². The normalized spacial score (nSPS) is 10.5. The Balaban J connectivity index is 2.62. The third-order valence-corrected chi connectivity index (χ3v) is 3.50. The smallest absolute Gasteiger partial charge is 0.307 e. The van der Waals surface area contributed by atoms with Crippen LogP contribution in [0.25, 0.3) is 11.3 Å². The summed E-state index contributed by atoms with van der Waals surface area (Å²) in [6, 6.07) is 6.49. The lowest BCUT2D eigenvalue weighted by Gasteiger charge is -2.10. The number of nitrogens with zero attached hydrogens (tertiary/aromatic N) is 1. The highest BCUT2D eigenvalue weighted by atomic mass is 35.5. The van der Waals surface area contributed by atoms with Crippen LogP contribution in [-0.2, 0) is 11.2 Å². The Morgan fingerprint density at radius 3 is 2.68 bits per heavy atom. The Labute approximate surface area is 124 Å². The SMILES string of the molecule is O=C(O)Cc1cccnc1-c1cc(Cl)cc(Cl)c1Cl. The van der Waals surface area contributed by atoms with Crippen LogP contribution in [0.3, 0.4) is 0 Å². The minimum Gasteiger partial charge on any atom is -0.481 e. The van der Waals surface area contributed by atoms with Gasteiger partial charge in [-0.3, -0.25) is 9.78 Å². The zero-order valence-corrected chi connectivity index (χ0v) is 11.8. The van der Waals surface area contributed by atoms with E-state index in [1.165, 1.54) is 6.07 Å². The van der Waals surface area contributed by atoms with E-state index in [9.17, 15) is 4.79 Å². The number of hydrogen-bond acceptors (Lipinski definition) is 2. The van der Waals surface area contributed by atoms with Gasteiger partial charge in [0.25, 0.3) is 0 Å². The van der Waals surface area contributed by atoms with E-state index >= 15 is 0 Å². The van der Waals surface area contributed by atoms with Gasteiger partial charge in [0.1, 0.15) is 0 Å². The summed E-state index contributed by atoms with van der Waals surface area (Å²) < 4.78 is 0. The molecule has 98 valence electrons. The molecule has 0 bridgehead atoms. The molecule has 0 atom stereocenters. The van der Waals surface area contributed by atoms with E-state index in [-0.39, 0.29) is 6.42 Å². The molecule has 2 rings (SSSR count). The van der Waals surface area contributed by atoms with Crippen LogP contribution in [0, 0.1) is 0 Å². The molecule has 0 spiro atoms. The van der Waals surface area contributed by atoms with Crippen molar-refractivity contribution in [2.75, 3.05) is 0 Å². The summed E-state index contributed by atoms with van der Waals surface area (Å²) in [6.45, 7) is 0. The van der Waals surface area contributed by atoms with Crippen molar-refractivity contribution in [3.63, 3.8) is 0 Å². The summed E-state index contributed by atoms with van der Waals surface area (Å²) in [5, 5.41) is 9.92. The quantitative estimate of drug-likeness (QED) is 0.857. The zero-order valence-electron chi connectivity index (χ0n) is 9.53. The lowest BCUT2D eigenvalue weighted by Crippen LogP contribution is -2.03. The minimum absolute atomic E-state index is 0.149. The highest BCUT2D eigenvalue weighted by Crippen LogP contribution is 2.36. The number of aromatic nitrogens is 1. The monoisotopic (exact) mass is 315 g/mol. The van der Waals surface area contributed by atoms with E-state index in [4.69, 9.17) is 39.9 Å². The fourth-order valence-electron chi connectivity index (χ4n) is 1.71. The molecular weight excluding hydrogens is 309 g/mol. The van der Waals surface area contributed by atoms with Gasteiger partial charge >= 0.3 is 5.97 Å². The standard InChI is InChI=1S/C13H8Cl3NO2/c14-8-5-9(12(16)10(15)6-8)13-7(4-11(18)19)2-1-3-17-13/h1-3,5-6H,4H2,(H,18,19). The molecule has 1 aromatic carbocycles. The molecule has 0 amide bonds. The van der Waals surface area contributed by atoms with Crippen molar-refractivity contribution >= 4 is 40.8 Å². The van der Waals surface area contributed by atoms with Gasteiger partial charge in [0.05, 0.1) is 22.2 Å². The van der Waals surface area contributed by atoms with Gasteiger partial charge in [-0.1, -0.05) is 40.9 Å². The first kappa shape index (κ1) is 14.1. The molecule has 19 heavy (non-hydrogen) atoms. The summed E-state index contributed by atoms with van der Waals surface area (Å²) in [5.41, 5.74) is 1.55. The number of benzene rings is 1. The molecule has 0 fully saturated rings. The zero-order chi connectivity index (χ0) is 14.0. The Morgan fingerprint density at radius 1 is 1.26 bits per heavy atom. The number of carboxylic acid groups (broad SMARTS) is 1. The maximum atomic E-state index is 10.9. The summed E-state index contributed by atoms with van der Waals surface area (Å²) in [4.78, 5) is 15.0. The van der Waals surface area contributed by atoms with Gasteiger partial charge in [-0.25, -0.2) is 0 Å². The topological polar surface area (TPSA) is 50.2 Å². The molecule has 0 aliphatic carbocycles. The molecule has 0 saturated heterocycles. The predicted molar refractivity (Wildman–Crippen MR) is 76.0 cm³/mol. The van der Waals surface area contributed by atoms with Crippen molar-refractivity contribution in [1.82, 2.24) is 4.98 Å². The number of rotatable bonds is 3. The number of hydrogen-bond donors (Lipinski definition) is 1. The van der Waals surface area contributed by atoms with Crippen LogP contribution in [0.4, 0.5) is 0 Å². The first-order valence-electron chi connectivity index (χ1n) is 5.29. The summed E-state index contributed by atoms with van der Waals surface area (Å²) in [6.07, 6.45) is 1.41. The molecule has 2 aromatic rings. The average molecular weight is 317 g/mol. The molecule has 6 heteroatoms. The lowest BCUT2D eigenvalue weighted by atomic mass is 10.0. The molecular formula is C13H8Cl3NO2. The molecule has 3 nitrogen and oxygen atoms in total. The van der Waals surface area contributed by atoms with E-state index in [0.29, 0.717) is 31.9 Å². The van der Waals surface area contributed by atoms with E-state index in [0.717, 1.165) is 0 Å². The largest absolute Gasteiger partial charge is 0.481 e. The summed E-state index contributed by atoms with van der Waals surface area (Å²) >= 11 is 18.0. The molecule has 1 N–H and O–H groups in total. The Bertz CT molecular complexity index is 644. The number of aliphatic carboxylic acids is 1. The van der Waals surface area contributed by atoms with Gasteiger partial charge in [0, 0.05) is 16.8 Å². The van der Waals surface area contributed by atoms with Crippen LogP contribution in [0.5, 0.6) is 0 Å². The number of carboxylic acids is 1. The molecule has 0 saturated carbocycles. The second kappa shape index (κ2) is 5.78. The molecule has 0 unspecified atom stereocenters. The van der Waals surface area contributed by atoms with E-state index < -0.39 is 5.97 Å². The summed E-state index contributed by atoms with van der Waals surface area (Å²) in [5.74, 6) is -0.946. The van der Waals surface area contributed by atoms with Crippen molar-refractivity contribution in [3.8, 4) is 11.3 Å². The second-order valence-corrected chi connectivity index (χ2v) is 5.05. The fourth-order valence-corrected chi connectivity index (χ4v) is 2.41. The number of carbonyl (C=O) groups is 1. The minimum atomic E-state index is -0.946. The van der Waals surface area contributed by atoms with Crippen molar-refractivity contribution in [3.05, 3.63) is 51.1 Å². The van der Waals surface area contributed by atoms with Crippen molar-refractivity contribution < 1.29 is 9.90 Å². The Morgan fingerprint density at radius 2 is 2.00 bits per heavy atom. The second-order valence-electron chi connectivity index (χ2n) is 3.83. The first-order valence-corrected chi connectivity index (χ1v) is 6.43. The lowest BCUT2D eigenvalue weighted by molar-refractivity contribution is -0.136. The van der Waals surface area contributed by atoms with E-state index in [1.54, 1.807) is 24.4 Å². The van der Waals surface area contributed by atoms with E-state index in [1.807, 2.05) is 0 Å². The average Bonchev–Trinajstić information content (AvgIpc) is 2.34. The van der Waals surface area contributed by atoms with Crippen LogP contribution < -0.4 is 0 Å². The van der Waals surface area contributed by atoms with Crippen LogP contribution in [0.15, 0.2) is 30.5 Å². The van der Waals surface area contributed by atoms with Gasteiger partial charge in [-0.2, -0.15) is 0 Å². The summed E-state index contributed by atoms with van der Waals surface area (Å²) in [7, 11) is 0. The predicted octanol–water partition coefficient (Wildman–Crippen LogP) is 4.34. The molecule has 1 aromatic heterocycles. The van der Waals surface area contributed by atoms with Crippen LogP contribution in [0.1, 0.15) is 5.56 Å². The Hall–Kier alpha value is -1.29. The highest BCUT2D eigenvalue weighted by Gasteiger charge is 2.15. The maximum absolute atomic E-state index is 10.9. The van der Waals surface area contributed by atoms with Gasteiger partial charge in [0.2, 0.25) is 0 Å². The number of halogens is 3. The third kappa shape index (κ3) is 3.18. The number of pyridine rings is 1. The first-order chi connectivity index (χ1) is 8.99. The van der Waals surface area contributed by atoms with Crippen LogP contribution in [0.2, 0.25) is 15.1 Å². The van der Waals surface area contributed by atoms with Gasteiger partial charge < -0.3 is 5.11 Å². The Kier molecular flexibility index (Phi) is 4.30. The van der Waals surface area contributed by atoms with Gasteiger partial charge in [-0.15, -0.1) is 0 Å². The molecule has 0 aliphatic heterocycles. The third-order valence-electron chi connectivity index (χ3n) is 2.48. The van der Waals surface area contributed by atoms with E-state index in [2.05, 4.69) is 4.98 Å². The molecule has 0 aliphatic rings. The van der Waals surface area contributed by atoms with Crippen molar-refractivity contribution in [1.29, 1.82) is 0 Å². The van der Waals surface area contributed by atoms with Crippen molar-refractivity contribution in [2.24, 2.45) is 0 Å². The van der Waals surface area contributed by atoms with Gasteiger partial charge in [-0.05, 0) is 23.8 Å². The highest BCUT2D eigenvalue weighted by molar-refractivity contribution is 6.45. The van der Waals surface area contributed by atoms with Crippen LogP contribution in [-0.4, -0.2) is 16.1 Å². The maximum Gasteiger partial charge on any atom is 0.307 e.